The summed E-state index contributed by atoms with van der Waals surface area (Å²) in [7, 11) is 1.34. The van der Waals surface area contributed by atoms with Gasteiger partial charge in [0.15, 0.2) is 0 Å². The fourth-order valence-electron chi connectivity index (χ4n) is 1.78. The van der Waals surface area contributed by atoms with E-state index in [0.29, 0.717) is 11.3 Å². The third kappa shape index (κ3) is 2.73. The summed E-state index contributed by atoms with van der Waals surface area (Å²) in [5.74, 6) is -0.400. The molecule has 2 rings (SSSR count). The summed E-state index contributed by atoms with van der Waals surface area (Å²) >= 11 is 0. The summed E-state index contributed by atoms with van der Waals surface area (Å²) in [6.07, 6.45) is 0. The van der Waals surface area contributed by atoms with Crippen molar-refractivity contribution in [2.24, 2.45) is 5.11 Å². The summed E-state index contributed by atoms with van der Waals surface area (Å²) in [6, 6.07) is 14.2. The van der Waals surface area contributed by atoms with Crippen LogP contribution in [0.3, 0.4) is 0 Å². The molecule has 0 fully saturated rings. The van der Waals surface area contributed by atoms with Gasteiger partial charge in [0.1, 0.15) is 0 Å². The monoisotopic (exact) mass is 253 g/mol. The molecule has 0 aliphatic carbocycles. The molecule has 0 aromatic heterocycles. The van der Waals surface area contributed by atoms with Crippen LogP contribution in [0.2, 0.25) is 0 Å². The van der Waals surface area contributed by atoms with Gasteiger partial charge >= 0.3 is 5.97 Å². The smallest absolute Gasteiger partial charge is 0.337 e. The molecule has 94 valence electrons. The van der Waals surface area contributed by atoms with E-state index >= 15 is 0 Å². The predicted molar refractivity (Wildman–Crippen MR) is 72.0 cm³/mol. The highest BCUT2D eigenvalue weighted by atomic mass is 16.5. The predicted octanol–water partition coefficient (Wildman–Crippen LogP) is 4.08. The van der Waals surface area contributed by atoms with Gasteiger partial charge in [0.25, 0.3) is 0 Å². The Morgan fingerprint density at radius 3 is 2.74 bits per heavy atom. The first-order valence-corrected chi connectivity index (χ1v) is 5.59. The second-order valence-electron chi connectivity index (χ2n) is 3.78. The maximum absolute atomic E-state index is 11.5. The van der Waals surface area contributed by atoms with Gasteiger partial charge in [-0.1, -0.05) is 41.5 Å². The Morgan fingerprint density at radius 2 is 2.00 bits per heavy atom. The highest BCUT2D eigenvalue weighted by Crippen LogP contribution is 2.30. The average molecular weight is 253 g/mol. The molecule has 0 atom stereocenters. The van der Waals surface area contributed by atoms with Crippen LogP contribution in [-0.4, -0.2) is 13.1 Å². The summed E-state index contributed by atoms with van der Waals surface area (Å²) in [6.45, 7) is 0. The van der Waals surface area contributed by atoms with Gasteiger partial charge in [-0.05, 0) is 28.8 Å². The Hall–Kier alpha value is -2.78. The maximum Gasteiger partial charge on any atom is 0.337 e. The van der Waals surface area contributed by atoms with E-state index < -0.39 is 5.97 Å². The van der Waals surface area contributed by atoms with Crippen molar-refractivity contribution >= 4 is 11.7 Å². The molecule has 0 aliphatic rings. The first kappa shape index (κ1) is 12.7. The standard InChI is InChI=1S/C14H11N3O2/c1-19-14(18)11-6-4-5-10(9-11)12-7-2-3-8-13(12)16-17-15/h2-9H,1H3. The molecule has 0 heterocycles. The Kier molecular flexibility index (Phi) is 3.81. The van der Waals surface area contributed by atoms with Crippen molar-refractivity contribution in [3.05, 3.63) is 64.5 Å². The molecular formula is C14H11N3O2. The van der Waals surface area contributed by atoms with Crippen LogP contribution < -0.4 is 0 Å². The van der Waals surface area contributed by atoms with Crippen LogP contribution in [0, 0.1) is 0 Å². The zero-order valence-corrected chi connectivity index (χ0v) is 10.3. The molecular weight excluding hydrogens is 242 g/mol. The maximum atomic E-state index is 11.5. The van der Waals surface area contributed by atoms with Crippen LogP contribution in [0.25, 0.3) is 21.6 Å². The molecule has 19 heavy (non-hydrogen) atoms. The summed E-state index contributed by atoms with van der Waals surface area (Å²) in [4.78, 5) is 14.3. The van der Waals surface area contributed by atoms with Crippen molar-refractivity contribution in [1.29, 1.82) is 0 Å². The van der Waals surface area contributed by atoms with Crippen molar-refractivity contribution in [2.45, 2.75) is 0 Å². The SMILES string of the molecule is COC(=O)c1cccc(-c2ccccc2N=[N+]=[N-])c1. The molecule has 0 radical (unpaired) electrons. The topological polar surface area (TPSA) is 75.1 Å². The van der Waals surface area contributed by atoms with Crippen LogP contribution in [0.4, 0.5) is 5.69 Å². The molecule has 5 heteroatoms. The van der Waals surface area contributed by atoms with Gasteiger partial charge in [-0.15, -0.1) is 0 Å². The van der Waals surface area contributed by atoms with Crippen molar-refractivity contribution in [3.63, 3.8) is 0 Å². The number of methoxy groups -OCH3 is 1. The van der Waals surface area contributed by atoms with Gasteiger partial charge < -0.3 is 4.74 Å². The van der Waals surface area contributed by atoms with Crippen LogP contribution >= 0.6 is 0 Å². The number of esters is 1. The first-order valence-electron chi connectivity index (χ1n) is 5.59. The molecule has 0 N–H and O–H groups in total. The molecule has 2 aromatic carbocycles. The highest BCUT2D eigenvalue weighted by Gasteiger charge is 2.08. The second kappa shape index (κ2) is 5.71. The second-order valence-corrected chi connectivity index (χ2v) is 3.78. The van der Waals surface area contributed by atoms with Gasteiger partial charge in [0.05, 0.1) is 12.7 Å². The molecule has 0 bridgehead atoms. The molecule has 2 aromatic rings. The Morgan fingerprint density at radius 1 is 1.21 bits per heavy atom. The third-order valence-electron chi connectivity index (χ3n) is 2.65. The normalized spacial score (nSPS) is 9.53. The number of nitrogens with zero attached hydrogens (tertiary/aromatic N) is 3. The lowest BCUT2D eigenvalue weighted by Crippen LogP contribution is -2.00. The van der Waals surface area contributed by atoms with Crippen LogP contribution in [0.1, 0.15) is 10.4 Å². The van der Waals surface area contributed by atoms with Crippen LogP contribution in [0.5, 0.6) is 0 Å². The Labute approximate surface area is 110 Å². The zero-order chi connectivity index (χ0) is 13.7. The van der Waals surface area contributed by atoms with Gasteiger partial charge in [0.2, 0.25) is 0 Å². The van der Waals surface area contributed by atoms with E-state index in [1.165, 1.54) is 7.11 Å². The molecule has 0 unspecified atom stereocenters. The minimum atomic E-state index is -0.400. The molecule has 5 nitrogen and oxygen atoms in total. The van der Waals surface area contributed by atoms with E-state index in [1.807, 2.05) is 18.2 Å². The number of carbonyl (C=O) groups excluding carboxylic acids is 1. The fourth-order valence-corrected chi connectivity index (χ4v) is 1.78. The van der Waals surface area contributed by atoms with Gasteiger partial charge in [0, 0.05) is 10.6 Å². The number of carbonyl (C=O) groups is 1. The zero-order valence-electron chi connectivity index (χ0n) is 10.3. The van der Waals surface area contributed by atoms with Crippen LogP contribution in [0.15, 0.2) is 53.6 Å². The molecule has 0 saturated heterocycles. The van der Waals surface area contributed by atoms with E-state index in [2.05, 4.69) is 14.8 Å². The molecule has 0 amide bonds. The lowest BCUT2D eigenvalue weighted by Gasteiger charge is -2.07. The molecule has 0 aliphatic heterocycles. The van der Waals surface area contributed by atoms with Crippen molar-refractivity contribution in [3.8, 4) is 11.1 Å². The number of azide groups is 1. The van der Waals surface area contributed by atoms with E-state index in [-0.39, 0.29) is 0 Å². The van der Waals surface area contributed by atoms with E-state index in [9.17, 15) is 4.79 Å². The molecule has 0 spiro atoms. The highest BCUT2D eigenvalue weighted by molar-refractivity contribution is 5.91. The minimum Gasteiger partial charge on any atom is -0.465 e. The van der Waals surface area contributed by atoms with Gasteiger partial charge in [-0.3, -0.25) is 0 Å². The van der Waals surface area contributed by atoms with Crippen molar-refractivity contribution < 1.29 is 9.53 Å². The summed E-state index contributed by atoms with van der Waals surface area (Å²) in [5.41, 5.74) is 11.1. The van der Waals surface area contributed by atoms with Crippen LogP contribution in [-0.2, 0) is 4.74 Å². The molecule has 0 saturated carbocycles. The quantitative estimate of drug-likeness (QED) is 0.357. The number of rotatable bonds is 3. The number of benzene rings is 2. The number of hydrogen-bond acceptors (Lipinski definition) is 3. The van der Waals surface area contributed by atoms with Gasteiger partial charge in [-0.25, -0.2) is 4.79 Å². The Balaban J connectivity index is 2.53. The lowest BCUT2D eigenvalue weighted by molar-refractivity contribution is 0.0601. The largest absolute Gasteiger partial charge is 0.465 e. The van der Waals surface area contributed by atoms with E-state index in [0.717, 1.165) is 11.1 Å². The van der Waals surface area contributed by atoms with Gasteiger partial charge in [-0.2, -0.15) is 0 Å². The van der Waals surface area contributed by atoms with E-state index in [4.69, 9.17) is 5.53 Å². The fraction of sp³-hybridized carbons (Fsp3) is 0.0714. The Bertz CT molecular complexity index is 661. The third-order valence-corrected chi connectivity index (χ3v) is 2.65. The lowest BCUT2D eigenvalue weighted by atomic mass is 10.0. The van der Waals surface area contributed by atoms with Crippen molar-refractivity contribution in [1.82, 2.24) is 0 Å². The average Bonchev–Trinajstić information content (AvgIpc) is 2.47. The number of hydrogen-bond donors (Lipinski definition) is 0. The summed E-state index contributed by atoms with van der Waals surface area (Å²) < 4.78 is 4.68. The van der Waals surface area contributed by atoms with E-state index in [1.54, 1.807) is 30.3 Å². The first-order chi connectivity index (χ1) is 9.26. The van der Waals surface area contributed by atoms with Crippen molar-refractivity contribution in [2.75, 3.05) is 7.11 Å². The number of ether oxygens (including phenoxy) is 1. The minimum absolute atomic E-state index is 0.400. The summed E-state index contributed by atoms with van der Waals surface area (Å²) in [5, 5.41) is 3.64.